The lowest BCUT2D eigenvalue weighted by Crippen LogP contribution is -2.15. The molecule has 3 rings (SSSR count). The molecule has 0 amide bonds. The molecule has 0 fully saturated rings. The molecule has 0 aliphatic carbocycles. The molecule has 0 bridgehead atoms. The van der Waals surface area contributed by atoms with E-state index in [1.54, 1.807) is 30.3 Å². The zero-order chi connectivity index (χ0) is 33.9. The minimum atomic E-state index is -0.679. The maximum absolute atomic E-state index is 12.7. The number of carbonyl (C=O) groups excluding carboxylic acids is 4. The first-order valence-electron chi connectivity index (χ1n) is 15.3. The SMILES string of the molecule is C=CC(=O)OCCCCCCOc1ccc(-c2ccc(C(=O)/C=C/c3ccc(OCCOC(=O)C(=C)CC(=O)OC)cc3)cc2)cc1. The summed E-state index contributed by atoms with van der Waals surface area (Å²) < 4.78 is 25.9. The van der Waals surface area contributed by atoms with Crippen LogP contribution in [0.15, 0.2) is 104 Å². The molecular formula is C38H40O9. The van der Waals surface area contributed by atoms with E-state index in [-0.39, 0.29) is 37.0 Å². The van der Waals surface area contributed by atoms with Crippen LogP contribution in [0.4, 0.5) is 0 Å². The molecule has 9 nitrogen and oxygen atoms in total. The van der Waals surface area contributed by atoms with Gasteiger partial charge in [-0.2, -0.15) is 0 Å². The fourth-order valence-corrected chi connectivity index (χ4v) is 4.21. The molecule has 3 aromatic carbocycles. The largest absolute Gasteiger partial charge is 0.494 e. The fourth-order valence-electron chi connectivity index (χ4n) is 4.21. The highest BCUT2D eigenvalue weighted by molar-refractivity contribution is 6.07. The normalized spacial score (nSPS) is 10.6. The van der Waals surface area contributed by atoms with Crippen molar-refractivity contribution in [3.05, 3.63) is 115 Å². The number of rotatable bonds is 20. The lowest BCUT2D eigenvalue weighted by molar-refractivity contribution is -0.144. The van der Waals surface area contributed by atoms with Gasteiger partial charge in [-0.3, -0.25) is 9.59 Å². The number of ether oxygens (including phenoxy) is 5. The average Bonchev–Trinajstić information content (AvgIpc) is 3.10. The number of carbonyl (C=O) groups is 4. The van der Waals surface area contributed by atoms with Crippen molar-refractivity contribution < 1.29 is 42.9 Å². The second-order valence-corrected chi connectivity index (χ2v) is 10.3. The summed E-state index contributed by atoms with van der Waals surface area (Å²) in [5, 5.41) is 0. The van der Waals surface area contributed by atoms with E-state index < -0.39 is 11.9 Å². The smallest absolute Gasteiger partial charge is 0.334 e. The number of benzene rings is 3. The molecule has 3 aromatic rings. The van der Waals surface area contributed by atoms with Crippen LogP contribution in [-0.2, 0) is 28.6 Å². The van der Waals surface area contributed by atoms with Gasteiger partial charge in [-0.25, -0.2) is 9.59 Å². The van der Waals surface area contributed by atoms with Gasteiger partial charge in [0.25, 0.3) is 0 Å². The van der Waals surface area contributed by atoms with Crippen LogP contribution in [0.3, 0.4) is 0 Å². The Labute approximate surface area is 275 Å². The van der Waals surface area contributed by atoms with Gasteiger partial charge < -0.3 is 23.7 Å². The van der Waals surface area contributed by atoms with Crippen LogP contribution in [0.2, 0.25) is 0 Å². The van der Waals surface area contributed by atoms with Crippen molar-refractivity contribution in [3.63, 3.8) is 0 Å². The standard InChI is InChI=1S/C38H40O9/c1-4-36(40)46-24-8-6-5-7-23-44-34-20-16-31(17-21-34)30-12-14-32(15-13-30)35(39)22-11-29-9-18-33(19-10-29)45-25-26-47-38(42)28(2)27-37(41)43-3/h4,9-22H,1-2,5-8,23-27H2,3H3/b22-11+. The molecule has 0 N–H and O–H groups in total. The van der Waals surface area contributed by atoms with E-state index in [1.165, 1.54) is 19.3 Å². The van der Waals surface area contributed by atoms with Crippen molar-refractivity contribution in [2.75, 3.05) is 33.5 Å². The summed E-state index contributed by atoms with van der Waals surface area (Å²) in [5.41, 5.74) is 3.42. The van der Waals surface area contributed by atoms with Crippen molar-refractivity contribution >= 4 is 29.8 Å². The first-order valence-corrected chi connectivity index (χ1v) is 15.3. The number of ketones is 1. The Bertz CT molecular complexity index is 1520. The van der Waals surface area contributed by atoms with E-state index in [0.29, 0.717) is 24.5 Å². The van der Waals surface area contributed by atoms with E-state index in [9.17, 15) is 19.2 Å². The Hall–Kier alpha value is -5.44. The molecule has 0 aliphatic rings. The summed E-state index contributed by atoms with van der Waals surface area (Å²) in [6.07, 6.45) is 7.89. The highest BCUT2D eigenvalue weighted by Gasteiger charge is 2.13. The topological polar surface area (TPSA) is 114 Å². The van der Waals surface area contributed by atoms with Crippen LogP contribution in [0, 0.1) is 0 Å². The number of hydrogen-bond acceptors (Lipinski definition) is 9. The fraction of sp³-hybridized carbons (Fsp3) is 0.263. The van der Waals surface area contributed by atoms with Gasteiger partial charge in [0.1, 0.15) is 24.7 Å². The van der Waals surface area contributed by atoms with Gasteiger partial charge in [0, 0.05) is 17.2 Å². The third-order valence-corrected chi connectivity index (χ3v) is 6.84. The summed E-state index contributed by atoms with van der Waals surface area (Å²) in [4.78, 5) is 46.8. The van der Waals surface area contributed by atoms with Gasteiger partial charge in [-0.15, -0.1) is 0 Å². The van der Waals surface area contributed by atoms with Gasteiger partial charge in [0.05, 0.1) is 26.7 Å². The van der Waals surface area contributed by atoms with E-state index in [1.807, 2.05) is 48.5 Å². The minimum Gasteiger partial charge on any atom is -0.494 e. The van der Waals surface area contributed by atoms with Crippen LogP contribution >= 0.6 is 0 Å². The molecule has 0 aromatic heterocycles. The molecule has 0 atom stereocenters. The number of methoxy groups -OCH3 is 1. The maximum atomic E-state index is 12.7. The zero-order valence-electron chi connectivity index (χ0n) is 26.6. The Morgan fingerprint density at radius 1 is 0.681 bits per heavy atom. The lowest BCUT2D eigenvalue weighted by Gasteiger charge is -2.08. The van der Waals surface area contributed by atoms with Crippen LogP contribution in [-0.4, -0.2) is 57.2 Å². The van der Waals surface area contributed by atoms with Crippen LogP contribution in [0.5, 0.6) is 11.5 Å². The Balaban J connectivity index is 1.37. The molecule has 0 heterocycles. The van der Waals surface area contributed by atoms with Crippen molar-refractivity contribution in [1.82, 2.24) is 0 Å². The molecule has 0 spiro atoms. The van der Waals surface area contributed by atoms with E-state index >= 15 is 0 Å². The molecule has 9 heteroatoms. The Morgan fingerprint density at radius 2 is 1.26 bits per heavy atom. The highest BCUT2D eigenvalue weighted by atomic mass is 16.6. The van der Waals surface area contributed by atoms with E-state index in [0.717, 1.165) is 48.1 Å². The summed E-state index contributed by atoms with van der Waals surface area (Å²) in [5.74, 6) is -0.375. The van der Waals surface area contributed by atoms with Gasteiger partial charge >= 0.3 is 17.9 Å². The van der Waals surface area contributed by atoms with Gasteiger partial charge in [0.15, 0.2) is 5.78 Å². The minimum absolute atomic E-state index is 0.00499. The van der Waals surface area contributed by atoms with Crippen LogP contribution < -0.4 is 9.47 Å². The van der Waals surface area contributed by atoms with Crippen molar-refractivity contribution in [2.24, 2.45) is 0 Å². The summed E-state index contributed by atoms with van der Waals surface area (Å²) in [7, 11) is 1.23. The quantitative estimate of drug-likeness (QED) is 0.0425. The first-order chi connectivity index (χ1) is 22.8. The molecule has 0 aliphatic heterocycles. The predicted octanol–water partition coefficient (Wildman–Crippen LogP) is 6.96. The zero-order valence-corrected chi connectivity index (χ0v) is 26.6. The monoisotopic (exact) mass is 640 g/mol. The average molecular weight is 641 g/mol. The number of unbranched alkanes of at least 4 members (excludes halogenated alkanes) is 3. The number of esters is 3. The summed E-state index contributed by atoms with van der Waals surface area (Å²) in [6, 6.07) is 22.4. The second kappa shape index (κ2) is 19.8. The molecular weight excluding hydrogens is 600 g/mol. The first kappa shape index (κ1) is 36.0. The summed E-state index contributed by atoms with van der Waals surface area (Å²) >= 11 is 0. The van der Waals surface area contributed by atoms with Gasteiger partial charge in [-0.05, 0) is 72.7 Å². The lowest BCUT2D eigenvalue weighted by atomic mass is 10.0. The van der Waals surface area contributed by atoms with Crippen molar-refractivity contribution in [3.8, 4) is 22.6 Å². The number of hydrogen-bond donors (Lipinski definition) is 0. The van der Waals surface area contributed by atoms with Crippen LogP contribution in [0.1, 0.15) is 48.0 Å². The maximum Gasteiger partial charge on any atom is 0.334 e. The third kappa shape index (κ3) is 13.2. The molecule has 47 heavy (non-hydrogen) atoms. The van der Waals surface area contributed by atoms with Gasteiger partial charge in [0.2, 0.25) is 0 Å². The molecule has 0 saturated heterocycles. The Morgan fingerprint density at radius 3 is 1.87 bits per heavy atom. The van der Waals surface area contributed by atoms with E-state index in [2.05, 4.69) is 17.9 Å². The molecule has 0 radical (unpaired) electrons. The summed E-state index contributed by atoms with van der Waals surface area (Å²) in [6.45, 7) is 8.04. The van der Waals surface area contributed by atoms with Crippen molar-refractivity contribution in [1.29, 1.82) is 0 Å². The molecule has 246 valence electrons. The third-order valence-electron chi connectivity index (χ3n) is 6.84. The molecule has 0 saturated carbocycles. The number of allylic oxidation sites excluding steroid dienone is 1. The van der Waals surface area contributed by atoms with Gasteiger partial charge in [-0.1, -0.05) is 67.8 Å². The highest BCUT2D eigenvalue weighted by Crippen LogP contribution is 2.23. The second-order valence-electron chi connectivity index (χ2n) is 10.3. The van der Waals surface area contributed by atoms with Crippen molar-refractivity contribution in [2.45, 2.75) is 32.1 Å². The van der Waals surface area contributed by atoms with E-state index in [4.69, 9.17) is 18.9 Å². The van der Waals surface area contributed by atoms with Crippen LogP contribution in [0.25, 0.3) is 17.2 Å². The Kier molecular flexibility index (Phi) is 15.2. The molecule has 0 unspecified atom stereocenters. The predicted molar refractivity (Wildman–Crippen MR) is 179 cm³/mol.